The Labute approximate surface area is 127 Å². The molecule has 0 bridgehead atoms. The minimum atomic E-state index is -4.37. The van der Waals surface area contributed by atoms with Gasteiger partial charge in [0.25, 0.3) is 0 Å². The van der Waals surface area contributed by atoms with Crippen molar-refractivity contribution in [2.45, 2.75) is 25.2 Å². The molecule has 0 radical (unpaired) electrons. The first-order valence-electron chi connectivity index (χ1n) is 7.10. The molecule has 1 aliphatic heterocycles. The molecule has 1 heterocycles. The second kappa shape index (κ2) is 6.66. The van der Waals surface area contributed by atoms with Gasteiger partial charge in [0.1, 0.15) is 6.04 Å². The van der Waals surface area contributed by atoms with Crippen LogP contribution in [0.3, 0.4) is 0 Å². The monoisotopic (exact) mass is 316 g/mol. The zero-order valence-corrected chi connectivity index (χ0v) is 12.3. The fourth-order valence-electron chi connectivity index (χ4n) is 2.91. The standard InChI is InChI=1S/C15H19F3N2O2/c1-11-9-20(8-7-19(11)10-13(21)22)14(15(16,17)18)12-5-3-2-4-6-12/h2-6,11,14H,7-10H2,1H3,(H,21,22)/t11?,14-/m1/s1. The molecule has 122 valence electrons. The summed E-state index contributed by atoms with van der Waals surface area (Å²) < 4.78 is 40.4. The van der Waals surface area contributed by atoms with Gasteiger partial charge < -0.3 is 5.11 Å². The molecule has 1 fully saturated rings. The Kier molecular flexibility index (Phi) is 5.08. The zero-order chi connectivity index (χ0) is 16.3. The van der Waals surface area contributed by atoms with Crippen LogP contribution in [0.25, 0.3) is 0 Å². The predicted octanol–water partition coefficient (Wildman–Crippen LogP) is 2.38. The number of hydrogen-bond donors (Lipinski definition) is 1. The molecule has 2 atom stereocenters. The van der Waals surface area contributed by atoms with Gasteiger partial charge in [0, 0.05) is 25.7 Å². The molecule has 1 saturated heterocycles. The van der Waals surface area contributed by atoms with Gasteiger partial charge in [-0.25, -0.2) is 0 Å². The van der Waals surface area contributed by atoms with E-state index in [4.69, 9.17) is 5.11 Å². The maximum Gasteiger partial charge on any atom is 0.408 e. The number of rotatable bonds is 4. The normalized spacial score (nSPS) is 22.5. The van der Waals surface area contributed by atoms with Crippen molar-refractivity contribution in [1.82, 2.24) is 9.80 Å². The minimum absolute atomic E-state index is 0.142. The molecule has 0 amide bonds. The van der Waals surface area contributed by atoms with E-state index in [1.165, 1.54) is 17.0 Å². The number of hydrogen-bond acceptors (Lipinski definition) is 3. The van der Waals surface area contributed by atoms with Crippen molar-refractivity contribution >= 4 is 5.97 Å². The lowest BCUT2D eigenvalue weighted by atomic mass is 10.0. The number of halogens is 3. The molecule has 1 aromatic carbocycles. The molecule has 22 heavy (non-hydrogen) atoms. The second-order valence-corrected chi connectivity index (χ2v) is 5.56. The van der Waals surface area contributed by atoms with E-state index in [1.807, 2.05) is 0 Å². The van der Waals surface area contributed by atoms with Crippen LogP contribution in [0, 0.1) is 0 Å². The third-order valence-electron chi connectivity index (χ3n) is 3.93. The van der Waals surface area contributed by atoms with Crippen molar-refractivity contribution in [1.29, 1.82) is 0 Å². The predicted molar refractivity (Wildman–Crippen MR) is 75.5 cm³/mol. The van der Waals surface area contributed by atoms with Crippen LogP contribution in [0.4, 0.5) is 13.2 Å². The summed E-state index contributed by atoms with van der Waals surface area (Å²) in [5, 5.41) is 8.83. The van der Waals surface area contributed by atoms with Crippen molar-refractivity contribution in [3.8, 4) is 0 Å². The Bertz CT molecular complexity index is 507. The van der Waals surface area contributed by atoms with E-state index in [0.717, 1.165) is 0 Å². The van der Waals surface area contributed by atoms with Crippen molar-refractivity contribution < 1.29 is 23.1 Å². The highest BCUT2D eigenvalue weighted by Gasteiger charge is 2.46. The lowest BCUT2D eigenvalue weighted by Gasteiger charge is -2.43. The summed E-state index contributed by atoms with van der Waals surface area (Å²) in [6.07, 6.45) is -4.37. The van der Waals surface area contributed by atoms with Crippen LogP contribution in [-0.2, 0) is 4.79 Å². The Morgan fingerprint density at radius 3 is 2.45 bits per heavy atom. The Morgan fingerprint density at radius 1 is 1.32 bits per heavy atom. The number of benzene rings is 1. The van der Waals surface area contributed by atoms with Crippen LogP contribution in [0.2, 0.25) is 0 Å². The highest BCUT2D eigenvalue weighted by molar-refractivity contribution is 5.69. The summed E-state index contributed by atoms with van der Waals surface area (Å²) in [6.45, 7) is 2.31. The average Bonchev–Trinajstić information content (AvgIpc) is 2.41. The van der Waals surface area contributed by atoms with E-state index < -0.39 is 18.2 Å². The lowest BCUT2D eigenvalue weighted by molar-refractivity contribution is -0.193. The summed E-state index contributed by atoms with van der Waals surface area (Å²) >= 11 is 0. The largest absolute Gasteiger partial charge is 0.480 e. The molecule has 1 N–H and O–H groups in total. The molecule has 0 aromatic heterocycles. The molecule has 4 nitrogen and oxygen atoms in total. The molecule has 1 unspecified atom stereocenters. The molecule has 0 aliphatic carbocycles. The average molecular weight is 316 g/mol. The van der Waals surface area contributed by atoms with Gasteiger partial charge in [0.15, 0.2) is 0 Å². The number of alkyl halides is 3. The van der Waals surface area contributed by atoms with Crippen molar-refractivity contribution in [3.63, 3.8) is 0 Å². The first-order valence-corrected chi connectivity index (χ1v) is 7.10. The second-order valence-electron chi connectivity index (χ2n) is 5.56. The maximum absolute atomic E-state index is 13.5. The zero-order valence-electron chi connectivity index (χ0n) is 12.3. The summed E-state index contributed by atoms with van der Waals surface area (Å²) in [5.41, 5.74) is 0.217. The van der Waals surface area contributed by atoms with E-state index in [2.05, 4.69) is 0 Å². The SMILES string of the molecule is CC1CN([C@H](c2ccccc2)C(F)(F)F)CCN1CC(=O)O. The fraction of sp³-hybridized carbons (Fsp3) is 0.533. The van der Waals surface area contributed by atoms with E-state index in [0.29, 0.717) is 6.54 Å². The third-order valence-corrected chi connectivity index (χ3v) is 3.93. The maximum atomic E-state index is 13.5. The Balaban J connectivity index is 2.16. The van der Waals surface area contributed by atoms with Crippen LogP contribution < -0.4 is 0 Å². The molecule has 0 spiro atoms. The molecule has 0 saturated carbocycles. The van der Waals surface area contributed by atoms with Crippen molar-refractivity contribution in [2.75, 3.05) is 26.2 Å². The molecule has 1 aromatic rings. The molecule has 7 heteroatoms. The topological polar surface area (TPSA) is 43.8 Å². The van der Waals surface area contributed by atoms with Gasteiger partial charge in [-0.2, -0.15) is 13.2 Å². The van der Waals surface area contributed by atoms with E-state index >= 15 is 0 Å². The van der Waals surface area contributed by atoms with Crippen LogP contribution >= 0.6 is 0 Å². The number of piperazine rings is 1. The summed E-state index contributed by atoms with van der Waals surface area (Å²) in [7, 11) is 0. The van der Waals surface area contributed by atoms with Gasteiger partial charge in [-0.15, -0.1) is 0 Å². The first kappa shape index (κ1) is 16.8. The van der Waals surface area contributed by atoms with Gasteiger partial charge in [-0.05, 0) is 12.5 Å². The summed E-state index contributed by atoms with van der Waals surface area (Å²) in [6, 6.07) is 5.95. The molecular weight excluding hydrogens is 297 g/mol. The minimum Gasteiger partial charge on any atom is -0.480 e. The van der Waals surface area contributed by atoms with Crippen molar-refractivity contribution in [2.24, 2.45) is 0 Å². The molecular formula is C15H19F3N2O2. The quantitative estimate of drug-likeness (QED) is 0.926. The number of carboxylic acids is 1. The third kappa shape index (κ3) is 3.98. The van der Waals surface area contributed by atoms with E-state index in [1.54, 1.807) is 30.0 Å². The van der Waals surface area contributed by atoms with Crippen LogP contribution in [0.15, 0.2) is 30.3 Å². The number of carbonyl (C=O) groups is 1. The highest BCUT2D eigenvalue weighted by atomic mass is 19.4. The molecule has 2 rings (SSSR count). The van der Waals surface area contributed by atoms with Gasteiger partial charge >= 0.3 is 12.1 Å². The van der Waals surface area contributed by atoms with Crippen LogP contribution in [-0.4, -0.2) is 59.3 Å². The van der Waals surface area contributed by atoms with Crippen LogP contribution in [0.1, 0.15) is 18.5 Å². The van der Waals surface area contributed by atoms with E-state index in [-0.39, 0.29) is 31.2 Å². The lowest BCUT2D eigenvalue weighted by Crippen LogP contribution is -2.55. The van der Waals surface area contributed by atoms with Crippen LogP contribution in [0.5, 0.6) is 0 Å². The van der Waals surface area contributed by atoms with E-state index in [9.17, 15) is 18.0 Å². The molecule has 1 aliphatic rings. The van der Waals surface area contributed by atoms with Crippen molar-refractivity contribution in [3.05, 3.63) is 35.9 Å². The Hall–Kier alpha value is -1.60. The summed E-state index contributed by atoms with van der Waals surface area (Å²) in [5.74, 6) is -0.962. The van der Waals surface area contributed by atoms with Gasteiger partial charge in [-0.1, -0.05) is 30.3 Å². The number of nitrogens with zero attached hydrogens (tertiary/aromatic N) is 2. The number of aliphatic carboxylic acids is 1. The van der Waals surface area contributed by atoms with Gasteiger partial charge in [0.05, 0.1) is 6.54 Å². The van der Waals surface area contributed by atoms with Gasteiger partial charge in [-0.3, -0.25) is 14.6 Å². The Morgan fingerprint density at radius 2 is 1.95 bits per heavy atom. The van der Waals surface area contributed by atoms with Gasteiger partial charge in [0.2, 0.25) is 0 Å². The number of carboxylic acid groups (broad SMARTS) is 1. The fourth-order valence-corrected chi connectivity index (χ4v) is 2.91. The summed E-state index contributed by atoms with van der Waals surface area (Å²) in [4.78, 5) is 13.9. The highest BCUT2D eigenvalue weighted by Crippen LogP contribution is 2.38. The smallest absolute Gasteiger partial charge is 0.408 e. The first-order chi connectivity index (χ1) is 10.3.